The molecule has 0 heterocycles. The molecule has 0 saturated carbocycles. The van der Waals surface area contributed by atoms with Crippen LogP contribution in [0.5, 0.6) is 5.75 Å². The van der Waals surface area contributed by atoms with Crippen LogP contribution in [0.15, 0.2) is 18.2 Å². The third kappa shape index (κ3) is 1.98. The van der Waals surface area contributed by atoms with Crippen molar-refractivity contribution in [2.45, 2.75) is 26.2 Å². The molecule has 0 N–H and O–H groups in total. The Balaban J connectivity index is 2.31. The van der Waals surface area contributed by atoms with Gasteiger partial charge < -0.3 is 3.07 Å². The van der Waals surface area contributed by atoms with E-state index < -0.39 is 0 Å². The topological polar surface area (TPSA) is 9.23 Å². The molecule has 2 heteroatoms. The molecule has 0 radical (unpaired) electrons. The molecule has 0 bridgehead atoms. The SMILES string of the molecule is CC1CCc2cc(OI)ccc2C1. The maximum absolute atomic E-state index is 5.18. The molecule has 0 saturated heterocycles. The van der Waals surface area contributed by atoms with Crippen molar-refractivity contribution in [3.8, 4) is 5.75 Å². The van der Waals surface area contributed by atoms with Gasteiger partial charge in [0.15, 0.2) is 23.0 Å². The van der Waals surface area contributed by atoms with Gasteiger partial charge in [-0.3, -0.25) is 0 Å². The van der Waals surface area contributed by atoms with Crippen LogP contribution in [0.3, 0.4) is 0 Å². The fraction of sp³-hybridized carbons (Fsp3) is 0.455. The summed E-state index contributed by atoms with van der Waals surface area (Å²) < 4.78 is 5.18. The van der Waals surface area contributed by atoms with Crippen LogP contribution < -0.4 is 3.07 Å². The number of halogens is 1. The van der Waals surface area contributed by atoms with Gasteiger partial charge in [-0.2, -0.15) is 0 Å². The first-order chi connectivity index (χ1) is 6.29. The minimum absolute atomic E-state index is 0.846. The van der Waals surface area contributed by atoms with Crippen LogP contribution in [-0.2, 0) is 12.8 Å². The third-order valence-electron chi connectivity index (χ3n) is 2.74. The Hall–Kier alpha value is -0.250. The van der Waals surface area contributed by atoms with Gasteiger partial charge in [0, 0.05) is 0 Å². The molecule has 13 heavy (non-hydrogen) atoms. The van der Waals surface area contributed by atoms with Crippen molar-refractivity contribution in [1.82, 2.24) is 0 Å². The van der Waals surface area contributed by atoms with Gasteiger partial charge in [0.2, 0.25) is 0 Å². The van der Waals surface area contributed by atoms with Crippen LogP contribution in [0.4, 0.5) is 0 Å². The monoisotopic (exact) mass is 288 g/mol. The van der Waals surface area contributed by atoms with E-state index in [9.17, 15) is 0 Å². The van der Waals surface area contributed by atoms with Gasteiger partial charge in [-0.1, -0.05) is 13.0 Å². The minimum Gasteiger partial charge on any atom is -0.428 e. The predicted molar refractivity (Wildman–Crippen MR) is 62.3 cm³/mol. The van der Waals surface area contributed by atoms with E-state index >= 15 is 0 Å². The molecule has 70 valence electrons. The van der Waals surface area contributed by atoms with Crippen molar-refractivity contribution in [3.63, 3.8) is 0 Å². The zero-order valence-corrected chi connectivity index (χ0v) is 9.87. The molecule has 0 amide bonds. The molecule has 1 aromatic carbocycles. The van der Waals surface area contributed by atoms with Gasteiger partial charge in [0.25, 0.3) is 0 Å². The van der Waals surface area contributed by atoms with Crippen molar-refractivity contribution >= 4 is 23.0 Å². The summed E-state index contributed by atoms with van der Waals surface area (Å²) >= 11 is 1.93. The maximum Gasteiger partial charge on any atom is 0.192 e. The van der Waals surface area contributed by atoms with Crippen LogP contribution in [0.25, 0.3) is 0 Å². The molecular formula is C11H13IO. The number of aryl methyl sites for hydroxylation is 1. The minimum atomic E-state index is 0.846. The smallest absolute Gasteiger partial charge is 0.192 e. The average Bonchev–Trinajstić information content (AvgIpc) is 2.17. The van der Waals surface area contributed by atoms with Crippen molar-refractivity contribution in [1.29, 1.82) is 0 Å². The number of fused-ring (bicyclic) bond motifs is 1. The van der Waals surface area contributed by atoms with Gasteiger partial charge in [-0.25, -0.2) is 0 Å². The van der Waals surface area contributed by atoms with E-state index in [0.29, 0.717) is 0 Å². The summed E-state index contributed by atoms with van der Waals surface area (Å²) in [7, 11) is 0. The molecule has 0 aliphatic heterocycles. The Labute approximate surface area is 93.2 Å². The molecular weight excluding hydrogens is 275 g/mol. The molecule has 1 aromatic rings. The van der Waals surface area contributed by atoms with Crippen LogP contribution in [-0.4, -0.2) is 0 Å². The second-order valence-electron chi connectivity index (χ2n) is 3.86. The lowest BCUT2D eigenvalue weighted by atomic mass is 9.85. The molecule has 1 nitrogen and oxygen atoms in total. The number of benzene rings is 1. The van der Waals surface area contributed by atoms with E-state index in [-0.39, 0.29) is 0 Å². The fourth-order valence-corrected chi connectivity index (χ4v) is 2.24. The summed E-state index contributed by atoms with van der Waals surface area (Å²) in [5.74, 6) is 1.83. The summed E-state index contributed by atoms with van der Waals surface area (Å²) in [6.45, 7) is 2.33. The third-order valence-corrected chi connectivity index (χ3v) is 3.25. The highest BCUT2D eigenvalue weighted by molar-refractivity contribution is 14.1. The van der Waals surface area contributed by atoms with Crippen LogP contribution in [0, 0.1) is 5.92 Å². The summed E-state index contributed by atoms with van der Waals surface area (Å²) in [6.07, 6.45) is 3.76. The van der Waals surface area contributed by atoms with Crippen molar-refractivity contribution < 1.29 is 3.07 Å². The summed E-state index contributed by atoms with van der Waals surface area (Å²) in [5, 5.41) is 0. The zero-order chi connectivity index (χ0) is 9.26. The number of hydrogen-bond acceptors (Lipinski definition) is 1. The summed E-state index contributed by atoms with van der Waals surface area (Å²) in [4.78, 5) is 0. The number of rotatable bonds is 1. The molecule has 1 atom stereocenters. The normalized spacial score (nSPS) is 20.9. The lowest BCUT2D eigenvalue weighted by molar-refractivity contribution is 0.500. The van der Waals surface area contributed by atoms with E-state index in [1.807, 2.05) is 23.0 Å². The molecule has 2 rings (SSSR count). The van der Waals surface area contributed by atoms with Gasteiger partial charge in [0.05, 0.1) is 0 Å². The fourth-order valence-electron chi connectivity index (χ4n) is 1.96. The molecule has 0 aromatic heterocycles. The highest BCUT2D eigenvalue weighted by Gasteiger charge is 2.15. The zero-order valence-electron chi connectivity index (χ0n) is 7.72. The van der Waals surface area contributed by atoms with Crippen LogP contribution >= 0.6 is 23.0 Å². The second kappa shape index (κ2) is 3.86. The highest BCUT2D eigenvalue weighted by Crippen LogP contribution is 2.28. The van der Waals surface area contributed by atoms with E-state index in [1.54, 1.807) is 0 Å². The Bertz CT molecular complexity index is 309. The quantitative estimate of drug-likeness (QED) is 0.718. The molecule has 0 spiro atoms. The first kappa shape index (κ1) is 9.31. The Morgan fingerprint density at radius 2 is 2.23 bits per heavy atom. The standard InChI is InChI=1S/C11H13IO/c1-8-2-3-10-7-11(13-12)5-4-9(10)6-8/h4-5,7-8H,2-3,6H2,1H3. The van der Waals surface area contributed by atoms with Crippen molar-refractivity contribution in [2.24, 2.45) is 5.92 Å². The van der Waals surface area contributed by atoms with E-state index in [0.717, 1.165) is 11.7 Å². The summed E-state index contributed by atoms with van der Waals surface area (Å²) in [6, 6.07) is 6.44. The van der Waals surface area contributed by atoms with Gasteiger partial charge in [-0.05, 0) is 48.4 Å². The lowest BCUT2D eigenvalue weighted by Gasteiger charge is -2.21. The Morgan fingerprint density at radius 1 is 1.38 bits per heavy atom. The molecule has 1 unspecified atom stereocenters. The van der Waals surface area contributed by atoms with E-state index in [2.05, 4.69) is 25.1 Å². The molecule has 0 fully saturated rings. The van der Waals surface area contributed by atoms with Gasteiger partial charge in [0.1, 0.15) is 5.75 Å². The Morgan fingerprint density at radius 3 is 3.00 bits per heavy atom. The Kier molecular flexibility index (Phi) is 2.77. The summed E-state index contributed by atoms with van der Waals surface area (Å²) in [5.41, 5.74) is 2.99. The van der Waals surface area contributed by atoms with Crippen molar-refractivity contribution in [3.05, 3.63) is 29.3 Å². The molecule has 1 aliphatic rings. The lowest BCUT2D eigenvalue weighted by Crippen LogP contribution is -2.10. The highest BCUT2D eigenvalue weighted by atomic mass is 127. The van der Waals surface area contributed by atoms with Gasteiger partial charge >= 0.3 is 0 Å². The first-order valence-electron chi connectivity index (χ1n) is 4.70. The average molecular weight is 288 g/mol. The number of hydrogen-bond donors (Lipinski definition) is 0. The predicted octanol–water partition coefficient (Wildman–Crippen LogP) is 3.54. The van der Waals surface area contributed by atoms with Crippen molar-refractivity contribution in [2.75, 3.05) is 0 Å². The van der Waals surface area contributed by atoms with Crippen LogP contribution in [0.1, 0.15) is 24.5 Å². The van der Waals surface area contributed by atoms with E-state index in [1.165, 1.54) is 30.4 Å². The van der Waals surface area contributed by atoms with E-state index in [4.69, 9.17) is 3.07 Å². The molecule has 1 aliphatic carbocycles. The van der Waals surface area contributed by atoms with Gasteiger partial charge in [-0.15, -0.1) is 0 Å². The first-order valence-corrected chi connectivity index (χ1v) is 5.58. The maximum atomic E-state index is 5.18. The second-order valence-corrected chi connectivity index (χ2v) is 4.30. The van der Waals surface area contributed by atoms with Crippen LogP contribution in [0.2, 0.25) is 0 Å². The largest absolute Gasteiger partial charge is 0.428 e.